The average molecular weight is 352 g/mol. The van der Waals surface area contributed by atoms with Gasteiger partial charge in [-0.25, -0.2) is 0 Å². The van der Waals surface area contributed by atoms with E-state index in [1.54, 1.807) is 48.1 Å². The van der Waals surface area contributed by atoms with Crippen LogP contribution in [0.1, 0.15) is 20.8 Å². The number of halogens is 1. The van der Waals surface area contributed by atoms with Gasteiger partial charge in [0.2, 0.25) is 0 Å². The highest BCUT2D eigenvalue weighted by molar-refractivity contribution is 9.10. The Kier molecular flexibility index (Phi) is 4.64. The van der Waals surface area contributed by atoms with Crippen molar-refractivity contribution >= 4 is 27.7 Å². The van der Waals surface area contributed by atoms with Gasteiger partial charge in [0.25, 0.3) is 11.8 Å². The number of rotatable bonds is 3. The van der Waals surface area contributed by atoms with Crippen LogP contribution < -0.4 is 15.6 Å². The van der Waals surface area contributed by atoms with Gasteiger partial charge >= 0.3 is 0 Å². The van der Waals surface area contributed by atoms with Crippen LogP contribution in [0.5, 0.6) is 5.75 Å². The third kappa shape index (κ3) is 3.63. The summed E-state index contributed by atoms with van der Waals surface area (Å²) in [6.45, 7) is 0. The first kappa shape index (κ1) is 15.1. The van der Waals surface area contributed by atoms with Gasteiger partial charge in [-0.2, -0.15) is 0 Å². The molecule has 2 rings (SSSR count). The third-order valence-corrected chi connectivity index (χ3v) is 3.26. The lowest BCUT2D eigenvalue weighted by Crippen LogP contribution is -2.42. The van der Waals surface area contributed by atoms with E-state index in [1.807, 2.05) is 0 Å². The van der Waals surface area contributed by atoms with Crippen molar-refractivity contribution in [3.05, 3.63) is 52.3 Å². The molecule has 0 bridgehead atoms. The fourth-order valence-corrected chi connectivity index (χ4v) is 2.29. The molecule has 2 N–H and O–H groups in total. The maximum atomic E-state index is 11.9. The molecule has 1 aromatic carbocycles. The molecule has 0 unspecified atom stereocenters. The van der Waals surface area contributed by atoms with E-state index in [0.717, 1.165) is 4.47 Å². The molecule has 0 saturated carbocycles. The molecule has 0 fully saturated rings. The summed E-state index contributed by atoms with van der Waals surface area (Å²) in [4.78, 5) is 23.9. The Morgan fingerprint density at radius 3 is 2.52 bits per heavy atom. The lowest BCUT2D eigenvalue weighted by molar-refractivity contribution is 0.0842. The normalized spacial score (nSPS) is 10.0. The van der Waals surface area contributed by atoms with Crippen LogP contribution >= 0.6 is 15.9 Å². The molecule has 7 heteroatoms. The number of hydrazine groups is 1. The van der Waals surface area contributed by atoms with Crippen LogP contribution in [0.25, 0.3) is 0 Å². The molecule has 2 amide bonds. The molecule has 0 saturated heterocycles. The molecular formula is C14H14BrN3O3. The zero-order valence-corrected chi connectivity index (χ0v) is 13.1. The van der Waals surface area contributed by atoms with E-state index in [-0.39, 0.29) is 0 Å². The topological polar surface area (TPSA) is 72.4 Å². The zero-order valence-electron chi connectivity index (χ0n) is 11.5. The fourth-order valence-electron chi connectivity index (χ4n) is 1.76. The highest BCUT2D eigenvalue weighted by atomic mass is 79.9. The molecule has 110 valence electrons. The van der Waals surface area contributed by atoms with E-state index < -0.39 is 11.8 Å². The Balaban J connectivity index is 2.00. The summed E-state index contributed by atoms with van der Waals surface area (Å²) in [6, 6.07) is 8.30. The molecule has 6 nitrogen and oxygen atoms in total. The summed E-state index contributed by atoms with van der Waals surface area (Å²) in [7, 11) is 3.26. The quantitative estimate of drug-likeness (QED) is 0.829. The maximum absolute atomic E-state index is 11.9. The second-order valence-electron chi connectivity index (χ2n) is 4.29. The molecular weight excluding hydrogens is 338 g/mol. The van der Waals surface area contributed by atoms with E-state index >= 15 is 0 Å². The highest BCUT2D eigenvalue weighted by Gasteiger charge is 2.13. The average Bonchev–Trinajstić information content (AvgIpc) is 2.83. The van der Waals surface area contributed by atoms with Crippen LogP contribution in [0.3, 0.4) is 0 Å². The second-order valence-corrected chi connectivity index (χ2v) is 5.21. The first-order valence-electron chi connectivity index (χ1n) is 6.08. The number of carbonyl (C=O) groups excluding carboxylic acids is 2. The predicted molar refractivity (Wildman–Crippen MR) is 81.0 cm³/mol. The van der Waals surface area contributed by atoms with Crippen molar-refractivity contribution in [3.63, 3.8) is 0 Å². The van der Waals surface area contributed by atoms with Crippen molar-refractivity contribution in [1.29, 1.82) is 0 Å². The summed E-state index contributed by atoms with van der Waals surface area (Å²) >= 11 is 3.28. The molecule has 0 atom stereocenters. The number of amides is 2. The number of hydrogen-bond donors (Lipinski definition) is 2. The number of benzene rings is 1. The molecule has 1 aromatic heterocycles. The second kappa shape index (κ2) is 6.45. The van der Waals surface area contributed by atoms with Gasteiger partial charge in [-0.3, -0.25) is 20.4 Å². The molecule has 0 spiro atoms. The van der Waals surface area contributed by atoms with E-state index in [4.69, 9.17) is 4.74 Å². The first-order valence-corrected chi connectivity index (χ1v) is 6.87. The highest BCUT2D eigenvalue weighted by Crippen LogP contribution is 2.14. The maximum Gasteiger partial charge on any atom is 0.286 e. The fraction of sp³-hybridized carbons (Fsp3) is 0.143. The molecule has 1 heterocycles. The van der Waals surface area contributed by atoms with E-state index in [0.29, 0.717) is 17.0 Å². The number of nitrogens with one attached hydrogen (secondary N) is 2. The standard InChI is InChI=1S/C14H14BrN3O3/c1-18-8-10(15)7-12(18)14(20)17-16-13(19)9-4-3-5-11(6-9)21-2/h3-8H,1-2H3,(H,16,19)(H,17,20). The van der Waals surface area contributed by atoms with Crippen molar-refractivity contribution in [2.24, 2.45) is 7.05 Å². The molecule has 0 aliphatic rings. The van der Waals surface area contributed by atoms with Crippen LogP contribution in [0, 0.1) is 0 Å². The van der Waals surface area contributed by atoms with Gasteiger partial charge in [0, 0.05) is 23.3 Å². The molecule has 2 aromatic rings. The van der Waals surface area contributed by atoms with Crippen molar-refractivity contribution in [3.8, 4) is 5.75 Å². The third-order valence-electron chi connectivity index (χ3n) is 2.83. The lowest BCUT2D eigenvalue weighted by Gasteiger charge is -2.08. The number of nitrogens with zero attached hydrogens (tertiary/aromatic N) is 1. The largest absolute Gasteiger partial charge is 0.497 e. The Labute approximate surface area is 130 Å². The Morgan fingerprint density at radius 2 is 1.90 bits per heavy atom. The summed E-state index contributed by atoms with van der Waals surface area (Å²) in [5.74, 6) is -0.254. The number of aryl methyl sites for hydroxylation is 1. The number of ether oxygens (including phenoxy) is 1. The van der Waals surface area contributed by atoms with Crippen molar-refractivity contribution in [1.82, 2.24) is 15.4 Å². The van der Waals surface area contributed by atoms with Crippen LogP contribution in [-0.2, 0) is 7.05 Å². The Bertz CT molecular complexity index is 682. The van der Waals surface area contributed by atoms with Crippen LogP contribution in [0.15, 0.2) is 41.0 Å². The van der Waals surface area contributed by atoms with Gasteiger partial charge < -0.3 is 9.30 Å². The summed E-state index contributed by atoms with van der Waals surface area (Å²) in [5.41, 5.74) is 5.55. The minimum atomic E-state index is -0.421. The smallest absolute Gasteiger partial charge is 0.286 e. The monoisotopic (exact) mass is 351 g/mol. The van der Waals surface area contributed by atoms with Gasteiger partial charge in [0.05, 0.1) is 7.11 Å². The van der Waals surface area contributed by atoms with Crippen LogP contribution in [0.2, 0.25) is 0 Å². The summed E-state index contributed by atoms with van der Waals surface area (Å²) in [5, 5.41) is 0. The van der Waals surface area contributed by atoms with Gasteiger partial charge in [0.15, 0.2) is 0 Å². The number of carbonyl (C=O) groups is 2. The molecule has 21 heavy (non-hydrogen) atoms. The molecule has 0 aliphatic carbocycles. The van der Waals surface area contributed by atoms with E-state index in [1.165, 1.54) is 7.11 Å². The number of aromatic nitrogens is 1. The summed E-state index contributed by atoms with van der Waals surface area (Å²) < 4.78 is 7.48. The zero-order chi connectivity index (χ0) is 15.4. The number of methoxy groups -OCH3 is 1. The van der Waals surface area contributed by atoms with Crippen LogP contribution in [-0.4, -0.2) is 23.5 Å². The van der Waals surface area contributed by atoms with Gasteiger partial charge in [-0.05, 0) is 40.2 Å². The lowest BCUT2D eigenvalue weighted by atomic mass is 10.2. The van der Waals surface area contributed by atoms with E-state index in [2.05, 4.69) is 26.8 Å². The van der Waals surface area contributed by atoms with Crippen molar-refractivity contribution in [2.45, 2.75) is 0 Å². The minimum Gasteiger partial charge on any atom is -0.497 e. The van der Waals surface area contributed by atoms with Crippen molar-refractivity contribution < 1.29 is 14.3 Å². The predicted octanol–water partition coefficient (Wildman–Crippen LogP) is 1.87. The van der Waals surface area contributed by atoms with Gasteiger partial charge in [0.1, 0.15) is 11.4 Å². The molecule has 0 aliphatic heterocycles. The summed E-state index contributed by atoms with van der Waals surface area (Å²) in [6.07, 6.45) is 1.75. The van der Waals surface area contributed by atoms with Crippen LogP contribution in [0.4, 0.5) is 0 Å². The van der Waals surface area contributed by atoms with Crippen molar-refractivity contribution in [2.75, 3.05) is 7.11 Å². The number of hydrogen-bond acceptors (Lipinski definition) is 3. The van der Waals surface area contributed by atoms with E-state index in [9.17, 15) is 9.59 Å². The van der Waals surface area contributed by atoms with Gasteiger partial charge in [-0.1, -0.05) is 6.07 Å². The SMILES string of the molecule is COc1cccc(C(=O)NNC(=O)c2cc(Br)cn2C)c1. The Morgan fingerprint density at radius 1 is 1.19 bits per heavy atom. The minimum absolute atomic E-state index is 0.391. The van der Waals surface area contributed by atoms with Gasteiger partial charge in [-0.15, -0.1) is 0 Å². The first-order chi connectivity index (χ1) is 10.0. The molecule has 0 radical (unpaired) electrons. The Hall–Kier alpha value is -2.28.